The van der Waals surface area contributed by atoms with Crippen molar-refractivity contribution in [3.05, 3.63) is 65.4 Å². The van der Waals surface area contributed by atoms with Crippen molar-refractivity contribution in [3.8, 4) is 11.5 Å². The first-order chi connectivity index (χ1) is 14.1. The molecule has 0 aromatic heterocycles. The molecule has 1 heterocycles. The Balaban J connectivity index is 1.92. The summed E-state index contributed by atoms with van der Waals surface area (Å²) in [6.45, 7) is 1.90. The van der Waals surface area contributed by atoms with Gasteiger partial charge in [0.05, 0.1) is 27.4 Å². The summed E-state index contributed by atoms with van der Waals surface area (Å²) in [6.07, 6.45) is 1.64. The van der Waals surface area contributed by atoms with Crippen LogP contribution in [-0.2, 0) is 9.53 Å². The number of hydrogen-bond donors (Lipinski definition) is 1. The Hall–Kier alpha value is -3.32. The first-order valence-electron chi connectivity index (χ1n) is 9.29. The van der Waals surface area contributed by atoms with Gasteiger partial charge >= 0.3 is 0 Å². The number of methoxy groups -OCH3 is 2. The molecule has 1 fully saturated rings. The SMILES string of the molecule is COc1ccc(C=C(NC(=O)c2ccccc2)C(=O)N2CCOCC2)cc1OC. The molecule has 0 atom stereocenters. The van der Waals surface area contributed by atoms with Crippen LogP contribution >= 0.6 is 0 Å². The second-order valence-corrected chi connectivity index (χ2v) is 6.40. The molecule has 0 radical (unpaired) electrons. The van der Waals surface area contributed by atoms with Crippen molar-refractivity contribution in [1.29, 1.82) is 0 Å². The van der Waals surface area contributed by atoms with Crippen molar-refractivity contribution >= 4 is 17.9 Å². The molecule has 1 aliphatic heterocycles. The number of carbonyl (C=O) groups is 2. The zero-order valence-corrected chi connectivity index (χ0v) is 16.5. The highest BCUT2D eigenvalue weighted by molar-refractivity contribution is 6.05. The van der Waals surface area contributed by atoms with Crippen LogP contribution < -0.4 is 14.8 Å². The van der Waals surface area contributed by atoms with E-state index >= 15 is 0 Å². The van der Waals surface area contributed by atoms with Crippen LogP contribution in [-0.4, -0.2) is 57.2 Å². The van der Waals surface area contributed by atoms with Gasteiger partial charge in [0, 0.05) is 18.7 Å². The van der Waals surface area contributed by atoms with Crippen LogP contribution in [0.5, 0.6) is 11.5 Å². The number of rotatable bonds is 6. The van der Waals surface area contributed by atoms with Gasteiger partial charge < -0.3 is 24.4 Å². The van der Waals surface area contributed by atoms with E-state index in [-0.39, 0.29) is 17.5 Å². The molecule has 2 aromatic rings. The van der Waals surface area contributed by atoms with Gasteiger partial charge in [-0.15, -0.1) is 0 Å². The largest absolute Gasteiger partial charge is 0.493 e. The summed E-state index contributed by atoms with van der Waals surface area (Å²) < 4.78 is 15.9. The highest BCUT2D eigenvalue weighted by Gasteiger charge is 2.22. The maximum absolute atomic E-state index is 13.1. The van der Waals surface area contributed by atoms with E-state index in [0.717, 1.165) is 0 Å². The van der Waals surface area contributed by atoms with Gasteiger partial charge in [-0.25, -0.2) is 0 Å². The molecular formula is C22H24N2O5. The van der Waals surface area contributed by atoms with Crippen LogP contribution in [0, 0.1) is 0 Å². The van der Waals surface area contributed by atoms with Crippen LogP contribution in [0.15, 0.2) is 54.2 Å². The van der Waals surface area contributed by atoms with Gasteiger partial charge in [-0.3, -0.25) is 9.59 Å². The fraction of sp³-hybridized carbons (Fsp3) is 0.273. The van der Waals surface area contributed by atoms with Crippen molar-refractivity contribution in [2.75, 3.05) is 40.5 Å². The van der Waals surface area contributed by atoms with Crippen LogP contribution in [0.1, 0.15) is 15.9 Å². The number of carbonyl (C=O) groups excluding carboxylic acids is 2. The van der Waals surface area contributed by atoms with Crippen LogP contribution in [0.4, 0.5) is 0 Å². The Labute approximate surface area is 169 Å². The molecule has 0 unspecified atom stereocenters. The Bertz CT molecular complexity index is 889. The van der Waals surface area contributed by atoms with Gasteiger partial charge in [-0.05, 0) is 35.9 Å². The minimum atomic E-state index is -0.348. The lowest BCUT2D eigenvalue weighted by molar-refractivity contribution is -0.131. The Morgan fingerprint density at radius 2 is 1.69 bits per heavy atom. The van der Waals surface area contributed by atoms with E-state index in [9.17, 15) is 9.59 Å². The predicted molar refractivity (Wildman–Crippen MR) is 109 cm³/mol. The van der Waals surface area contributed by atoms with Crippen LogP contribution in [0.3, 0.4) is 0 Å². The van der Waals surface area contributed by atoms with E-state index in [0.29, 0.717) is 48.9 Å². The third kappa shape index (κ3) is 5.14. The third-order valence-electron chi connectivity index (χ3n) is 4.53. The highest BCUT2D eigenvalue weighted by Crippen LogP contribution is 2.28. The van der Waals surface area contributed by atoms with E-state index in [1.807, 2.05) is 6.07 Å². The van der Waals surface area contributed by atoms with Crippen molar-refractivity contribution in [2.24, 2.45) is 0 Å². The predicted octanol–water partition coefficient (Wildman–Crippen LogP) is 2.33. The van der Waals surface area contributed by atoms with Crippen molar-refractivity contribution in [3.63, 3.8) is 0 Å². The average Bonchev–Trinajstić information content (AvgIpc) is 2.79. The number of nitrogens with zero attached hydrogens (tertiary/aromatic N) is 1. The maximum atomic E-state index is 13.1. The fourth-order valence-electron chi connectivity index (χ4n) is 2.98. The maximum Gasteiger partial charge on any atom is 0.270 e. The molecule has 29 heavy (non-hydrogen) atoms. The summed E-state index contributed by atoms with van der Waals surface area (Å²) in [5, 5.41) is 2.76. The smallest absolute Gasteiger partial charge is 0.270 e. The molecule has 2 aromatic carbocycles. The second-order valence-electron chi connectivity index (χ2n) is 6.40. The van der Waals surface area contributed by atoms with Gasteiger partial charge in [0.1, 0.15) is 5.70 Å². The highest BCUT2D eigenvalue weighted by atomic mass is 16.5. The lowest BCUT2D eigenvalue weighted by atomic mass is 10.1. The lowest BCUT2D eigenvalue weighted by Gasteiger charge is -2.28. The van der Waals surface area contributed by atoms with E-state index < -0.39 is 0 Å². The average molecular weight is 396 g/mol. The van der Waals surface area contributed by atoms with Crippen LogP contribution in [0.25, 0.3) is 6.08 Å². The van der Waals surface area contributed by atoms with Crippen molar-refractivity contribution in [2.45, 2.75) is 0 Å². The Kier molecular flexibility index (Phi) is 6.86. The fourth-order valence-corrected chi connectivity index (χ4v) is 2.98. The summed E-state index contributed by atoms with van der Waals surface area (Å²) >= 11 is 0. The number of amides is 2. The summed E-state index contributed by atoms with van der Waals surface area (Å²) in [5.41, 5.74) is 1.36. The van der Waals surface area contributed by atoms with Gasteiger partial charge in [-0.1, -0.05) is 24.3 Å². The molecule has 152 valence electrons. The zero-order valence-electron chi connectivity index (χ0n) is 16.5. The normalized spacial score (nSPS) is 14.3. The van der Waals surface area contributed by atoms with Crippen molar-refractivity contribution in [1.82, 2.24) is 10.2 Å². The standard InChI is InChI=1S/C22H24N2O5/c1-27-19-9-8-16(15-20(19)28-2)14-18(22(26)24-10-12-29-13-11-24)23-21(25)17-6-4-3-5-7-17/h3-9,14-15H,10-13H2,1-2H3,(H,23,25). The first-order valence-corrected chi connectivity index (χ1v) is 9.29. The van der Waals surface area contributed by atoms with Gasteiger partial charge in [0.25, 0.3) is 11.8 Å². The Morgan fingerprint density at radius 1 is 1.00 bits per heavy atom. The number of morpholine rings is 1. The summed E-state index contributed by atoms with van der Waals surface area (Å²) in [6, 6.07) is 14.1. The monoisotopic (exact) mass is 396 g/mol. The lowest BCUT2D eigenvalue weighted by Crippen LogP contribution is -2.44. The van der Waals surface area contributed by atoms with E-state index in [1.165, 1.54) is 0 Å². The minimum Gasteiger partial charge on any atom is -0.493 e. The summed E-state index contributed by atoms with van der Waals surface area (Å²) in [7, 11) is 3.10. The summed E-state index contributed by atoms with van der Waals surface area (Å²) in [4.78, 5) is 27.4. The van der Waals surface area contributed by atoms with Gasteiger partial charge in [-0.2, -0.15) is 0 Å². The second kappa shape index (κ2) is 9.75. The van der Waals surface area contributed by atoms with Crippen molar-refractivity contribution < 1.29 is 23.8 Å². The first kappa shape index (κ1) is 20.4. The quantitative estimate of drug-likeness (QED) is 0.759. The minimum absolute atomic E-state index is 0.188. The number of hydrogen-bond acceptors (Lipinski definition) is 5. The topological polar surface area (TPSA) is 77.1 Å². The molecule has 0 saturated carbocycles. The molecule has 1 N–H and O–H groups in total. The molecule has 0 spiro atoms. The third-order valence-corrected chi connectivity index (χ3v) is 4.53. The molecule has 0 aliphatic carbocycles. The summed E-state index contributed by atoms with van der Waals surface area (Å²) in [5.74, 6) is 0.513. The molecule has 7 nitrogen and oxygen atoms in total. The van der Waals surface area contributed by atoms with E-state index in [4.69, 9.17) is 14.2 Å². The Morgan fingerprint density at radius 3 is 2.34 bits per heavy atom. The van der Waals surface area contributed by atoms with Gasteiger partial charge in [0.2, 0.25) is 0 Å². The van der Waals surface area contributed by atoms with Crippen LogP contribution in [0.2, 0.25) is 0 Å². The zero-order chi connectivity index (χ0) is 20.6. The number of ether oxygens (including phenoxy) is 3. The number of nitrogens with one attached hydrogen (secondary N) is 1. The number of benzene rings is 2. The molecule has 7 heteroatoms. The molecule has 0 bridgehead atoms. The van der Waals surface area contributed by atoms with E-state index in [2.05, 4.69) is 5.32 Å². The van der Waals surface area contributed by atoms with Gasteiger partial charge in [0.15, 0.2) is 11.5 Å². The molecule has 3 rings (SSSR count). The molecule has 2 amide bonds. The van der Waals surface area contributed by atoms with E-state index in [1.54, 1.807) is 67.7 Å². The molecule has 1 saturated heterocycles. The molecular weight excluding hydrogens is 372 g/mol. The molecule has 1 aliphatic rings.